The molecule has 0 spiro atoms. The molecule has 0 saturated carbocycles. The second-order valence-electron chi connectivity index (χ2n) is 6.19. The molecule has 0 radical (unpaired) electrons. The van der Waals surface area contributed by atoms with Gasteiger partial charge in [0.15, 0.2) is 11.5 Å². The van der Waals surface area contributed by atoms with Gasteiger partial charge < -0.3 is 9.47 Å². The first-order valence-electron chi connectivity index (χ1n) is 8.99. The highest BCUT2D eigenvalue weighted by Crippen LogP contribution is 2.28. The molecule has 3 aromatic rings. The van der Waals surface area contributed by atoms with Crippen LogP contribution in [-0.4, -0.2) is 24.2 Å². The summed E-state index contributed by atoms with van der Waals surface area (Å²) in [4.78, 5) is 22.2. The van der Waals surface area contributed by atoms with Crippen molar-refractivity contribution in [3.63, 3.8) is 0 Å². The SMILES string of the molecule is COc1cc(/C=N/NC(=O)c2ccc([N+](=O)[O-])cc2)ccc1OCc1ccccc1. The van der Waals surface area contributed by atoms with Crippen molar-refractivity contribution in [2.75, 3.05) is 7.11 Å². The Balaban J connectivity index is 1.61. The molecule has 3 rings (SSSR count). The van der Waals surface area contributed by atoms with Crippen LogP contribution in [0.1, 0.15) is 21.5 Å². The van der Waals surface area contributed by atoms with Gasteiger partial charge in [0.1, 0.15) is 6.61 Å². The van der Waals surface area contributed by atoms with Crippen molar-refractivity contribution in [2.45, 2.75) is 6.61 Å². The zero-order chi connectivity index (χ0) is 21.3. The molecule has 0 bridgehead atoms. The predicted molar refractivity (Wildman–Crippen MR) is 112 cm³/mol. The molecule has 0 aliphatic rings. The van der Waals surface area contributed by atoms with Crippen LogP contribution in [-0.2, 0) is 6.61 Å². The van der Waals surface area contributed by atoms with Crippen LogP contribution in [0.2, 0.25) is 0 Å². The molecule has 0 fully saturated rings. The summed E-state index contributed by atoms with van der Waals surface area (Å²) in [7, 11) is 1.54. The summed E-state index contributed by atoms with van der Waals surface area (Å²) in [5, 5.41) is 14.6. The maximum absolute atomic E-state index is 12.1. The molecule has 3 aromatic carbocycles. The van der Waals surface area contributed by atoms with E-state index in [1.54, 1.807) is 25.3 Å². The van der Waals surface area contributed by atoms with Crippen LogP contribution >= 0.6 is 0 Å². The molecule has 0 saturated heterocycles. The summed E-state index contributed by atoms with van der Waals surface area (Å²) >= 11 is 0. The van der Waals surface area contributed by atoms with Gasteiger partial charge >= 0.3 is 0 Å². The Bertz CT molecular complexity index is 1050. The third-order valence-corrected chi connectivity index (χ3v) is 4.14. The van der Waals surface area contributed by atoms with Crippen LogP contribution in [0, 0.1) is 10.1 Å². The Morgan fingerprint density at radius 2 is 1.80 bits per heavy atom. The lowest BCUT2D eigenvalue weighted by atomic mass is 10.2. The molecule has 0 aliphatic heterocycles. The van der Waals surface area contributed by atoms with Crippen LogP contribution < -0.4 is 14.9 Å². The number of nitro groups is 1. The fraction of sp³-hybridized carbons (Fsp3) is 0.0909. The van der Waals surface area contributed by atoms with Crippen LogP contribution in [0.4, 0.5) is 5.69 Å². The summed E-state index contributed by atoms with van der Waals surface area (Å²) in [5.41, 5.74) is 4.30. The van der Waals surface area contributed by atoms with Gasteiger partial charge in [-0.15, -0.1) is 0 Å². The molecular formula is C22H19N3O5. The fourth-order valence-corrected chi connectivity index (χ4v) is 2.58. The summed E-state index contributed by atoms with van der Waals surface area (Å²) < 4.78 is 11.2. The lowest BCUT2D eigenvalue weighted by Gasteiger charge is -2.11. The average molecular weight is 405 g/mol. The van der Waals surface area contributed by atoms with Crippen LogP contribution in [0.3, 0.4) is 0 Å². The van der Waals surface area contributed by atoms with E-state index in [-0.39, 0.29) is 11.3 Å². The number of carbonyl (C=O) groups is 1. The first-order chi connectivity index (χ1) is 14.6. The van der Waals surface area contributed by atoms with E-state index < -0.39 is 10.8 Å². The van der Waals surface area contributed by atoms with E-state index in [9.17, 15) is 14.9 Å². The van der Waals surface area contributed by atoms with Gasteiger partial charge in [-0.05, 0) is 41.5 Å². The number of nitrogens with zero attached hydrogens (tertiary/aromatic N) is 2. The Hall–Kier alpha value is -4.20. The number of non-ortho nitro benzene ring substituents is 1. The smallest absolute Gasteiger partial charge is 0.271 e. The molecule has 0 aliphatic carbocycles. The number of methoxy groups -OCH3 is 1. The zero-order valence-corrected chi connectivity index (χ0v) is 16.1. The normalized spacial score (nSPS) is 10.6. The lowest BCUT2D eigenvalue weighted by molar-refractivity contribution is -0.384. The lowest BCUT2D eigenvalue weighted by Crippen LogP contribution is -2.17. The number of amides is 1. The van der Waals surface area contributed by atoms with Crippen LogP contribution in [0.25, 0.3) is 0 Å². The Morgan fingerprint density at radius 1 is 1.07 bits per heavy atom. The molecule has 0 unspecified atom stereocenters. The van der Waals surface area contributed by atoms with Crippen LogP contribution in [0.15, 0.2) is 77.9 Å². The van der Waals surface area contributed by atoms with Crippen molar-refractivity contribution in [3.8, 4) is 11.5 Å². The highest BCUT2D eigenvalue weighted by molar-refractivity contribution is 5.95. The number of benzene rings is 3. The van der Waals surface area contributed by atoms with E-state index in [0.29, 0.717) is 23.7 Å². The summed E-state index contributed by atoms with van der Waals surface area (Å²) in [5.74, 6) is 0.654. The summed E-state index contributed by atoms with van der Waals surface area (Å²) in [6, 6.07) is 20.3. The minimum absolute atomic E-state index is 0.0864. The standard InChI is InChI=1S/C22H19N3O5/c1-29-21-13-17(7-12-20(21)30-15-16-5-3-2-4-6-16)14-23-24-22(26)18-8-10-19(11-9-18)25(27)28/h2-14H,15H2,1H3,(H,24,26)/b23-14+. The summed E-state index contributed by atoms with van der Waals surface area (Å²) in [6.07, 6.45) is 1.47. The van der Waals surface area contributed by atoms with E-state index in [4.69, 9.17) is 9.47 Å². The second kappa shape index (κ2) is 9.83. The van der Waals surface area contributed by atoms with E-state index in [1.807, 2.05) is 30.3 Å². The predicted octanol–water partition coefficient (Wildman–Crippen LogP) is 3.95. The number of ether oxygens (including phenoxy) is 2. The highest BCUT2D eigenvalue weighted by atomic mass is 16.6. The minimum atomic E-state index is -0.527. The number of nitro benzene ring substituents is 1. The molecule has 0 aromatic heterocycles. The van der Waals surface area contributed by atoms with Crippen molar-refractivity contribution in [2.24, 2.45) is 5.10 Å². The van der Waals surface area contributed by atoms with E-state index >= 15 is 0 Å². The van der Waals surface area contributed by atoms with Crippen molar-refractivity contribution in [1.29, 1.82) is 0 Å². The first kappa shape index (κ1) is 20.5. The van der Waals surface area contributed by atoms with Crippen molar-refractivity contribution in [1.82, 2.24) is 5.43 Å². The average Bonchev–Trinajstić information content (AvgIpc) is 2.78. The minimum Gasteiger partial charge on any atom is -0.493 e. The Kier molecular flexibility index (Phi) is 6.73. The van der Waals surface area contributed by atoms with Gasteiger partial charge in [-0.1, -0.05) is 30.3 Å². The van der Waals surface area contributed by atoms with E-state index in [2.05, 4.69) is 10.5 Å². The largest absolute Gasteiger partial charge is 0.493 e. The summed E-state index contributed by atoms with van der Waals surface area (Å²) in [6.45, 7) is 0.413. The van der Waals surface area contributed by atoms with Gasteiger partial charge in [-0.3, -0.25) is 14.9 Å². The van der Waals surface area contributed by atoms with Crippen molar-refractivity contribution in [3.05, 3.63) is 99.6 Å². The van der Waals surface area contributed by atoms with Gasteiger partial charge in [0, 0.05) is 17.7 Å². The van der Waals surface area contributed by atoms with Crippen molar-refractivity contribution < 1.29 is 19.2 Å². The topological polar surface area (TPSA) is 103 Å². The molecule has 8 nitrogen and oxygen atoms in total. The molecular weight excluding hydrogens is 386 g/mol. The maximum Gasteiger partial charge on any atom is 0.271 e. The Labute approximate surface area is 172 Å². The molecule has 1 amide bonds. The van der Waals surface area contributed by atoms with Gasteiger partial charge in [0.2, 0.25) is 0 Å². The van der Waals surface area contributed by atoms with Gasteiger partial charge in [-0.2, -0.15) is 5.10 Å². The number of nitrogens with one attached hydrogen (secondary N) is 1. The Morgan fingerprint density at radius 3 is 2.47 bits per heavy atom. The third kappa shape index (κ3) is 5.41. The monoisotopic (exact) mass is 405 g/mol. The quantitative estimate of drug-likeness (QED) is 0.347. The maximum atomic E-state index is 12.1. The number of hydrogen-bond donors (Lipinski definition) is 1. The number of carbonyl (C=O) groups excluding carboxylic acids is 1. The van der Waals surface area contributed by atoms with Gasteiger partial charge in [0.05, 0.1) is 18.2 Å². The molecule has 8 heteroatoms. The molecule has 0 heterocycles. The van der Waals surface area contributed by atoms with Gasteiger partial charge in [-0.25, -0.2) is 5.43 Å². The molecule has 152 valence electrons. The van der Waals surface area contributed by atoms with Gasteiger partial charge in [0.25, 0.3) is 11.6 Å². The van der Waals surface area contributed by atoms with E-state index in [0.717, 1.165) is 5.56 Å². The second-order valence-corrected chi connectivity index (χ2v) is 6.19. The fourth-order valence-electron chi connectivity index (χ4n) is 2.58. The van der Waals surface area contributed by atoms with E-state index in [1.165, 1.54) is 30.5 Å². The zero-order valence-electron chi connectivity index (χ0n) is 16.1. The van der Waals surface area contributed by atoms with Crippen LogP contribution in [0.5, 0.6) is 11.5 Å². The number of hydrazone groups is 1. The third-order valence-electron chi connectivity index (χ3n) is 4.14. The molecule has 1 N–H and O–H groups in total. The first-order valence-corrected chi connectivity index (χ1v) is 8.99. The number of hydrogen-bond acceptors (Lipinski definition) is 6. The number of rotatable bonds is 8. The molecule has 0 atom stereocenters. The molecule has 30 heavy (non-hydrogen) atoms. The van der Waals surface area contributed by atoms with Crippen molar-refractivity contribution >= 4 is 17.8 Å². The highest BCUT2D eigenvalue weighted by Gasteiger charge is 2.09.